The van der Waals surface area contributed by atoms with E-state index in [0.717, 1.165) is 5.56 Å². The van der Waals surface area contributed by atoms with Crippen molar-refractivity contribution in [3.63, 3.8) is 0 Å². The summed E-state index contributed by atoms with van der Waals surface area (Å²) in [5.74, 6) is 0.211. The quantitative estimate of drug-likeness (QED) is 0.751. The molecule has 0 aromatic heterocycles. The molecule has 0 radical (unpaired) electrons. The van der Waals surface area contributed by atoms with Gasteiger partial charge in [-0.3, -0.25) is 5.32 Å². The number of hydrogen-bond donors (Lipinski definition) is 2. The molecule has 0 heterocycles. The fourth-order valence-corrected chi connectivity index (χ4v) is 0.850. The molecular formula is C10H11NO3. The third-order valence-corrected chi connectivity index (χ3v) is 1.56. The predicted octanol–water partition coefficient (Wildman–Crippen LogP) is 1.72. The van der Waals surface area contributed by atoms with E-state index in [2.05, 4.69) is 10.1 Å². The summed E-state index contributed by atoms with van der Waals surface area (Å²) in [7, 11) is 1.30. The van der Waals surface area contributed by atoms with Crippen molar-refractivity contribution in [3.8, 4) is 5.75 Å². The molecule has 0 fully saturated rings. The van der Waals surface area contributed by atoms with Crippen molar-refractivity contribution >= 4 is 12.2 Å². The van der Waals surface area contributed by atoms with Crippen LogP contribution in [0.15, 0.2) is 30.5 Å². The van der Waals surface area contributed by atoms with E-state index in [4.69, 9.17) is 5.11 Å². The first-order valence-electron chi connectivity index (χ1n) is 4.02. The minimum Gasteiger partial charge on any atom is -0.508 e. The zero-order valence-corrected chi connectivity index (χ0v) is 7.73. The van der Waals surface area contributed by atoms with Crippen LogP contribution in [0.3, 0.4) is 0 Å². The summed E-state index contributed by atoms with van der Waals surface area (Å²) in [4.78, 5) is 10.6. The molecule has 2 N–H and O–H groups in total. The summed E-state index contributed by atoms with van der Waals surface area (Å²) >= 11 is 0. The van der Waals surface area contributed by atoms with E-state index in [1.807, 2.05) is 0 Å². The van der Waals surface area contributed by atoms with Gasteiger partial charge in [0.05, 0.1) is 7.11 Å². The van der Waals surface area contributed by atoms with Crippen LogP contribution in [0.2, 0.25) is 0 Å². The SMILES string of the molecule is COC(=O)NC=Cc1ccc(O)cc1. The van der Waals surface area contributed by atoms with Crippen LogP contribution >= 0.6 is 0 Å². The summed E-state index contributed by atoms with van der Waals surface area (Å²) in [6, 6.07) is 6.59. The van der Waals surface area contributed by atoms with E-state index in [9.17, 15) is 4.79 Å². The maximum atomic E-state index is 10.6. The number of benzene rings is 1. The molecular weight excluding hydrogens is 182 g/mol. The topological polar surface area (TPSA) is 58.6 Å². The highest BCUT2D eigenvalue weighted by Crippen LogP contribution is 2.10. The lowest BCUT2D eigenvalue weighted by Gasteiger charge is -1.96. The van der Waals surface area contributed by atoms with Crippen LogP contribution in [0.5, 0.6) is 5.75 Å². The third kappa shape index (κ3) is 3.18. The Labute approximate surface area is 81.8 Å². The lowest BCUT2D eigenvalue weighted by Crippen LogP contribution is -2.15. The van der Waals surface area contributed by atoms with E-state index in [-0.39, 0.29) is 5.75 Å². The van der Waals surface area contributed by atoms with E-state index < -0.39 is 6.09 Å². The zero-order valence-electron chi connectivity index (χ0n) is 7.73. The number of methoxy groups -OCH3 is 1. The summed E-state index contributed by atoms with van der Waals surface area (Å²) in [5, 5.41) is 11.4. The number of amides is 1. The van der Waals surface area contributed by atoms with Crippen molar-refractivity contribution < 1.29 is 14.6 Å². The minimum absolute atomic E-state index is 0.211. The molecule has 0 saturated carbocycles. The maximum Gasteiger partial charge on any atom is 0.410 e. The molecule has 1 aromatic rings. The number of carbonyl (C=O) groups is 1. The average Bonchev–Trinajstić information content (AvgIpc) is 2.21. The Morgan fingerprint density at radius 2 is 2.07 bits per heavy atom. The van der Waals surface area contributed by atoms with Gasteiger partial charge in [0.2, 0.25) is 0 Å². The molecule has 0 bridgehead atoms. The summed E-state index contributed by atoms with van der Waals surface area (Å²) in [6.07, 6.45) is 2.65. The maximum absolute atomic E-state index is 10.6. The molecule has 0 aliphatic rings. The molecule has 0 atom stereocenters. The van der Waals surface area contributed by atoms with Crippen LogP contribution in [0.4, 0.5) is 4.79 Å². The van der Waals surface area contributed by atoms with E-state index >= 15 is 0 Å². The van der Waals surface area contributed by atoms with Crippen LogP contribution in [-0.4, -0.2) is 18.3 Å². The number of rotatable bonds is 2. The lowest BCUT2D eigenvalue weighted by molar-refractivity contribution is 0.175. The van der Waals surface area contributed by atoms with E-state index in [1.165, 1.54) is 13.3 Å². The highest BCUT2D eigenvalue weighted by molar-refractivity contribution is 5.69. The molecule has 4 heteroatoms. The monoisotopic (exact) mass is 193 g/mol. The number of phenolic OH excluding ortho intramolecular Hbond substituents is 1. The van der Waals surface area contributed by atoms with Gasteiger partial charge in [-0.15, -0.1) is 0 Å². The van der Waals surface area contributed by atoms with Gasteiger partial charge in [-0.05, 0) is 23.8 Å². The van der Waals surface area contributed by atoms with Crippen LogP contribution in [0.25, 0.3) is 6.08 Å². The second-order valence-corrected chi connectivity index (χ2v) is 2.56. The van der Waals surface area contributed by atoms with Gasteiger partial charge < -0.3 is 9.84 Å². The van der Waals surface area contributed by atoms with Gasteiger partial charge >= 0.3 is 6.09 Å². The molecule has 0 unspecified atom stereocenters. The van der Waals surface area contributed by atoms with Gasteiger partial charge in [0.25, 0.3) is 0 Å². The fourth-order valence-electron chi connectivity index (χ4n) is 0.850. The average molecular weight is 193 g/mol. The Hall–Kier alpha value is -1.97. The van der Waals surface area contributed by atoms with Crippen molar-refractivity contribution in [1.82, 2.24) is 5.32 Å². The molecule has 1 rings (SSSR count). The zero-order chi connectivity index (χ0) is 10.4. The van der Waals surface area contributed by atoms with Crippen LogP contribution in [0.1, 0.15) is 5.56 Å². The first kappa shape index (κ1) is 10.1. The number of aromatic hydroxyl groups is 1. The molecule has 1 amide bonds. The molecule has 0 saturated heterocycles. The van der Waals surface area contributed by atoms with Crippen molar-refractivity contribution in [1.29, 1.82) is 0 Å². The third-order valence-electron chi connectivity index (χ3n) is 1.56. The second kappa shape index (κ2) is 4.91. The Bertz CT molecular complexity index is 330. The minimum atomic E-state index is -0.514. The number of phenols is 1. The van der Waals surface area contributed by atoms with E-state index in [1.54, 1.807) is 30.3 Å². The van der Waals surface area contributed by atoms with Gasteiger partial charge in [-0.1, -0.05) is 12.1 Å². The van der Waals surface area contributed by atoms with Crippen molar-refractivity contribution in [3.05, 3.63) is 36.0 Å². The van der Waals surface area contributed by atoms with Crippen molar-refractivity contribution in [2.45, 2.75) is 0 Å². The van der Waals surface area contributed by atoms with Gasteiger partial charge in [0, 0.05) is 6.20 Å². The number of carbonyl (C=O) groups excluding carboxylic acids is 1. The smallest absolute Gasteiger partial charge is 0.410 e. The molecule has 14 heavy (non-hydrogen) atoms. The molecule has 0 spiro atoms. The standard InChI is InChI=1S/C10H11NO3/c1-14-10(13)11-7-6-8-2-4-9(12)5-3-8/h2-7,12H,1H3,(H,11,13). The highest BCUT2D eigenvalue weighted by atomic mass is 16.5. The Morgan fingerprint density at radius 3 is 2.64 bits per heavy atom. The second-order valence-electron chi connectivity index (χ2n) is 2.56. The summed E-state index contributed by atoms with van der Waals surface area (Å²) < 4.78 is 4.37. The largest absolute Gasteiger partial charge is 0.508 e. The first-order chi connectivity index (χ1) is 6.72. The molecule has 4 nitrogen and oxygen atoms in total. The molecule has 74 valence electrons. The van der Waals surface area contributed by atoms with Gasteiger partial charge in [0.1, 0.15) is 5.75 Å². The fraction of sp³-hybridized carbons (Fsp3) is 0.100. The van der Waals surface area contributed by atoms with E-state index in [0.29, 0.717) is 0 Å². The molecule has 0 aliphatic heterocycles. The Kier molecular flexibility index (Phi) is 3.55. The number of alkyl carbamates (subject to hydrolysis) is 1. The Balaban J connectivity index is 2.52. The Morgan fingerprint density at radius 1 is 1.43 bits per heavy atom. The predicted molar refractivity (Wildman–Crippen MR) is 52.7 cm³/mol. The summed E-state index contributed by atoms with van der Waals surface area (Å²) in [5.41, 5.74) is 0.874. The highest BCUT2D eigenvalue weighted by Gasteiger charge is 1.91. The van der Waals surface area contributed by atoms with Crippen LogP contribution < -0.4 is 5.32 Å². The van der Waals surface area contributed by atoms with Crippen LogP contribution in [-0.2, 0) is 4.74 Å². The lowest BCUT2D eigenvalue weighted by atomic mass is 10.2. The van der Waals surface area contributed by atoms with Gasteiger partial charge in [0.15, 0.2) is 0 Å². The van der Waals surface area contributed by atoms with Crippen LogP contribution in [0, 0.1) is 0 Å². The number of hydrogen-bond acceptors (Lipinski definition) is 3. The number of nitrogens with one attached hydrogen (secondary N) is 1. The van der Waals surface area contributed by atoms with Gasteiger partial charge in [-0.25, -0.2) is 4.79 Å². The molecule has 0 aliphatic carbocycles. The molecule has 1 aromatic carbocycles. The van der Waals surface area contributed by atoms with Gasteiger partial charge in [-0.2, -0.15) is 0 Å². The summed E-state index contributed by atoms with van der Waals surface area (Å²) in [6.45, 7) is 0. The number of ether oxygens (including phenoxy) is 1. The van der Waals surface area contributed by atoms with Crippen molar-refractivity contribution in [2.75, 3.05) is 7.11 Å². The first-order valence-corrected chi connectivity index (χ1v) is 4.02. The van der Waals surface area contributed by atoms with Crippen molar-refractivity contribution in [2.24, 2.45) is 0 Å². The normalized spacial score (nSPS) is 10.1.